The lowest BCUT2D eigenvalue weighted by Gasteiger charge is -2.24. The fourth-order valence-corrected chi connectivity index (χ4v) is 2.59. The van der Waals surface area contributed by atoms with Crippen LogP contribution in [0.4, 0.5) is 0 Å². The van der Waals surface area contributed by atoms with Crippen LogP contribution in [-0.2, 0) is 6.54 Å². The number of hydrogen-bond acceptors (Lipinski definition) is 2. The van der Waals surface area contributed by atoms with Crippen molar-refractivity contribution in [1.29, 1.82) is 0 Å². The van der Waals surface area contributed by atoms with Crippen LogP contribution < -0.4 is 5.73 Å². The summed E-state index contributed by atoms with van der Waals surface area (Å²) in [6.45, 7) is 7.11. The maximum Gasteiger partial charge on any atom is 0.112 e. The molecule has 2 heteroatoms. The van der Waals surface area contributed by atoms with Crippen LogP contribution in [0.2, 0.25) is 0 Å². The molecule has 2 N–H and O–H groups in total. The topological polar surface area (TPSA) is 39.2 Å². The van der Waals surface area contributed by atoms with Gasteiger partial charge in [0.15, 0.2) is 0 Å². The van der Waals surface area contributed by atoms with Crippen LogP contribution in [0.1, 0.15) is 67.6 Å². The predicted molar refractivity (Wildman–Crippen MR) is 62.0 cm³/mol. The van der Waals surface area contributed by atoms with E-state index < -0.39 is 0 Å². The first-order chi connectivity index (χ1) is 7.15. The molecule has 1 aromatic rings. The number of aryl methyl sites for hydroxylation is 1. The SMILES string of the molecule is Cc1oc(C2CCC2)c(CN)c1C(C)C. The third-order valence-corrected chi connectivity index (χ3v) is 3.52. The van der Waals surface area contributed by atoms with Crippen LogP contribution >= 0.6 is 0 Å². The van der Waals surface area contributed by atoms with Crippen molar-refractivity contribution in [2.24, 2.45) is 5.73 Å². The highest BCUT2D eigenvalue weighted by Crippen LogP contribution is 2.42. The van der Waals surface area contributed by atoms with Crippen LogP contribution in [0.25, 0.3) is 0 Å². The van der Waals surface area contributed by atoms with E-state index >= 15 is 0 Å². The third-order valence-electron chi connectivity index (χ3n) is 3.52. The average Bonchev–Trinajstić information content (AvgIpc) is 2.39. The predicted octanol–water partition coefficient (Wildman–Crippen LogP) is 3.44. The van der Waals surface area contributed by atoms with Gasteiger partial charge in [-0.15, -0.1) is 0 Å². The van der Waals surface area contributed by atoms with Gasteiger partial charge >= 0.3 is 0 Å². The number of rotatable bonds is 3. The van der Waals surface area contributed by atoms with Gasteiger partial charge in [0.05, 0.1) is 0 Å². The summed E-state index contributed by atoms with van der Waals surface area (Å²) in [6.07, 6.45) is 3.89. The Morgan fingerprint density at radius 1 is 1.40 bits per heavy atom. The van der Waals surface area contributed by atoms with E-state index in [1.54, 1.807) is 0 Å². The minimum absolute atomic E-state index is 0.515. The van der Waals surface area contributed by atoms with Gasteiger partial charge in [0.1, 0.15) is 11.5 Å². The van der Waals surface area contributed by atoms with Crippen LogP contribution in [0.3, 0.4) is 0 Å². The first kappa shape index (κ1) is 10.7. The normalized spacial score (nSPS) is 17.1. The fourth-order valence-electron chi connectivity index (χ4n) is 2.59. The number of furan rings is 1. The van der Waals surface area contributed by atoms with Crippen LogP contribution in [0.5, 0.6) is 0 Å². The molecule has 0 unspecified atom stereocenters. The summed E-state index contributed by atoms with van der Waals surface area (Å²) in [7, 11) is 0. The second kappa shape index (κ2) is 4.01. The largest absolute Gasteiger partial charge is 0.465 e. The summed E-state index contributed by atoms with van der Waals surface area (Å²) in [6, 6.07) is 0. The molecule has 84 valence electrons. The Morgan fingerprint density at radius 3 is 2.47 bits per heavy atom. The molecule has 0 bridgehead atoms. The van der Waals surface area contributed by atoms with Crippen molar-refractivity contribution < 1.29 is 4.42 Å². The van der Waals surface area contributed by atoms with Gasteiger partial charge in [0.25, 0.3) is 0 Å². The zero-order valence-corrected chi connectivity index (χ0v) is 9.97. The lowest BCUT2D eigenvalue weighted by molar-refractivity contribution is 0.337. The Kier molecular flexibility index (Phi) is 2.87. The molecule has 0 aromatic carbocycles. The highest BCUT2D eigenvalue weighted by molar-refractivity contribution is 5.37. The molecule has 2 rings (SSSR count). The highest BCUT2D eigenvalue weighted by atomic mass is 16.3. The van der Waals surface area contributed by atoms with Crippen LogP contribution in [-0.4, -0.2) is 0 Å². The molecular weight excluding hydrogens is 186 g/mol. The second-order valence-electron chi connectivity index (χ2n) is 4.90. The van der Waals surface area contributed by atoms with Crippen molar-refractivity contribution in [2.45, 2.75) is 58.4 Å². The van der Waals surface area contributed by atoms with E-state index in [-0.39, 0.29) is 0 Å². The maximum absolute atomic E-state index is 5.92. The first-order valence-corrected chi connectivity index (χ1v) is 5.97. The molecule has 0 amide bonds. The molecule has 0 radical (unpaired) electrons. The third kappa shape index (κ3) is 1.71. The van der Waals surface area contributed by atoms with Gasteiger partial charge in [-0.25, -0.2) is 0 Å². The summed E-state index contributed by atoms with van der Waals surface area (Å²) < 4.78 is 5.92. The molecule has 1 heterocycles. The van der Waals surface area contributed by atoms with Crippen LogP contribution in [0.15, 0.2) is 4.42 Å². The Morgan fingerprint density at radius 2 is 2.07 bits per heavy atom. The summed E-state index contributed by atoms with van der Waals surface area (Å²) in [4.78, 5) is 0. The second-order valence-corrected chi connectivity index (χ2v) is 4.90. The van der Waals surface area contributed by atoms with E-state index in [0.29, 0.717) is 18.4 Å². The lowest BCUT2D eigenvalue weighted by Crippen LogP contribution is -2.12. The van der Waals surface area contributed by atoms with Gasteiger partial charge in [-0.2, -0.15) is 0 Å². The van der Waals surface area contributed by atoms with E-state index in [2.05, 4.69) is 20.8 Å². The van der Waals surface area contributed by atoms with Gasteiger partial charge in [0.2, 0.25) is 0 Å². The molecule has 15 heavy (non-hydrogen) atoms. The lowest BCUT2D eigenvalue weighted by atomic mass is 9.81. The van der Waals surface area contributed by atoms with Gasteiger partial charge in [-0.05, 0) is 25.7 Å². The quantitative estimate of drug-likeness (QED) is 0.824. The Bertz CT molecular complexity index is 348. The van der Waals surface area contributed by atoms with Crippen molar-refractivity contribution in [2.75, 3.05) is 0 Å². The maximum atomic E-state index is 5.92. The molecule has 1 fully saturated rings. The fraction of sp³-hybridized carbons (Fsp3) is 0.692. The van der Waals surface area contributed by atoms with Crippen molar-refractivity contribution in [3.63, 3.8) is 0 Å². The van der Waals surface area contributed by atoms with Gasteiger partial charge < -0.3 is 10.2 Å². The van der Waals surface area contributed by atoms with E-state index in [1.165, 1.54) is 36.1 Å². The molecular formula is C13H21NO. The van der Waals surface area contributed by atoms with E-state index in [0.717, 1.165) is 5.76 Å². The standard InChI is InChI=1S/C13H21NO/c1-8(2)12-9(3)15-13(11(12)7-14)10-5-4-6-10/h8,10H,4-7,14H2,1-3H3. The molecule has 0 spiro atoms. The average molecular weight is 207 g/mol. The molecule has 1 aromatic heterocycles. The molecule has 1 saturated carbocycles. The minimum atomic E-state index is 0.515. The van der Waals surface area contributed by atoms with Crippen molar-refractivity contribution in [3.8, 4) is 0 Å². The van der Waals surface area contributed by atoms with E-state index in [9.17, 15) is 0 Å². The molecule has 1 aliphatic rings. The highest BCUT2D eigenvalue weighted by Gasteiger charge is 2.28. The molecule has 2 nitrogen and oxygen atoms in total. The molecule has 0 aliphatic heterocycles. The minimum Gasteiger partial charge on any atom is -0.465 e. The smallest absolute Gasteiger partial charge is 0.112 e. The van der Waals surface area contributed by atoms with Crippen LogP contribution in [0, 0.1) is 6.92 Å². The van der Waals surface area contributed by atoms with E-state index in [4.69, 9.17) is 10.2 Å². The van der Waals surface area contributed by atoms with Gasteiger partial charge in [-0.3, -0.25) is 0 Å². The Labute approximate surface area is 91.8 Å². The van der Waals surface area contributed by atoms with E-state index in [1.807, 2.05) is 0 Å². The first-order valence-electron chi connectivity index (χ1n) is 5.97. The summed E-state index contributed by atoms with van der Waals surface area (Å²) in [5.41, 5.74) is 8.49. The van der Waals surface area contributed by atoms with Crippen molar-refractivity contribution >= 4 is 0 Å². The zero-order chi connectivity index (χ0) is 11.0. The van der Waals surface area contributed by atoms with Crippen molar-refractivity contribution in [3.05, 3.63) is 22.6 Å². The summed E-state index contributed by atoms with van der Waals surface area (Å²) >= 11 is 0. The monoisotopic (exact) mass is 207 g/mol. The molecule has 1 aliphatic carbocycles. The summed E-state index contributed by atoms with van der Waals surface area (Å²) in [5, 5.41) is 0. The molecule has 0 atom stereocenters. The van der Waals surface area contributed by atoms with Gasteiger partial charge in [-0.1, -0.05) is 20.3 Å². The zero-order valence-electron chi connectivity index (χ0n) is 9.97. The number of hydrogen-bond donors (Lipinski definition) is 1. The number of nitrogens with two attached hydrogens (primary N) is 1. The Balaban J connectivity index is 2.41. The van der Waals surface area contributed by atoms with Gasteiger partial charge in [0, 0.05) is 23.6 Å². The van der Waals surface area contributed by atoms with Crippen molar-refractivity contribution in [1.82, 2.24) is 0 Å². The summed E-state index contributed by atoms with van der Waals surface area (Å²) in [5.74, 6) is 3.42. The Hall–Kier alpha value is -0.760. The molecule has 0 saturated heterocycles.